The lowest BCUT2D eigenvalue weighted by atomic mass is 10.0. The number of halogens is 3. The third-order valence-corrected chi connectivity index (χ3v) is 4.40. The number of aryl methyl sites for hydroxylation is 3. The van der Waals surface area contributed by atoms with Crippen molar-refractivity contribution in [3.63, 3.8) is 0 Å². The molecule has 0 bridgehead atoms. The molecule has 2 aromatic rings. The molecule has 0 saturated carbocycles. The van der Waals surface area contributed by atoms with E-state index in [0.717, 1.165) is 6.07 Å². The second-order valence-corrected chi connectivity index (χ2v) is 6.71. The highest BCUT2D eigenvalue weighted by Crippen LogP contribution is 2.35. The second kappa shape index (κ2) is 5.54. The fourth-order valence-corrected chi connectivity index (χ4v) is 2.97. The monoisotopic (exact) mass is 337 g/mol. The van der Waals surface area contributed by atoms with Crippen molar-refractivity contribution in [3.8, 4) is 0 Å². The maximum atomic E-state index is 13.2. The first kappa shape index (κ1) is 16.8. The Morgan fingerprint density at radius 3 is 2.50 bits per heavy atom. The van der Waals surface area contributed by atoms with Crippen molar-refractivity contribution in [3.05, 3.63) is 29.1 Å². The molecule has 2 N–H and O–H groups in total. The molecule has 0 aliphatic carbocycles. The first-order chi connectivity index (χ1) is 10.0. The van der Waals surface area contributed by atoms with Gasteiger partial charge in [0, 0.05) is 12.5 Å². The van der Waals surface area contributed by atoms with E-state index in [2.05, 4.69) is 4.98 Å². The number of H-pyrrole nitrogens is 1. The number of hydrogen-bond acceptors (Lipinski definition) is 2. The Hall–Kier alpha value is -1.61. The van der Waals surface area contributed by atoms with Gasteiger partial charge >= 0.3 is 6.18 Å². The van der Waals surface area contributed by atoms with Gasteiger partial charge < -0.3 is 0 Å². The third-order valence-electron chi connectivity index (χ3n) is 3.60. The minimum Gasteiger partial charge on any atom is -0.286 e. The maximum absolute atomic E-state index is 13.2. The van der Waals surface area contributed by atoms with Crippen molar-refractivity contribution in [2.75, 3.05) is 5.75 Å². The van der Waals surface area contributed by atoms with Crippen LogP contribution < -0.4 is 4.57 Å². The normalized spacial score (nSPS) is 13.0. The predicted octanol–water partition coefficient (Wildman–Crippen LogP) is 2.14. The summed E-state index contributed by atoms with van der Waals surface area (Å²) in [6.45, 7) is 1.73. The molecule has 1 aromatic heterocycles. The van der Waals surface area contributed by atoms with E-state index < -0.39 is 27.6 Å². The average Bonchev–Trinajstić information content (AvgIpc) is 2.63. The van der Waals surface area contributed by atoms with Gasteiger partial charge in [-0.05, 0) is 25.0 Å². The van der Waals surface area contributed by atoms with Gasteiger partial charge in [0.15, 0.2) is 11.0 Å². The van der Waals surface area contributed by atoms with Crippen molar-refractivity contribution in [2.24, 2.45) is 7.05 Å². The van der Waals surface area contributed by atoms with E-state index in [1.807, 2.05) is 0 Å². The Balaban J connectivity index is 2.53. The van der Waals surface area contributed by atoms with Crippen LogP contribution in [-0.2, 0) is 29.8 Å². The Kier molecular flexibility index (Phi) is 4.22. The summed E-state index contributed by atoms with van der Waals surface area (Å²) in [6, 6.07) is 2.38. The van der Waals surface area contributed by atoms with Crippen LogP contribution in [0, 0.1) is 6.92 Å². The zero-order valence-corrected chi connectivity index (χ0v) is 12.8. The van der Waals surface area contributed by atoms with Gasteiger partial charge in [-0.1, -0.05) is 0 Å². The molecule has 0 saturated heterocycles. The van der Waals surface area contributed by atoms with Crippen molar-refractivity contribution >= 4 is 21.2 Å². The molecule has 9 heteroatoms. The van der Waals surface area contributed by atoms with Crippen LogP contribution in [0.3, 0.4) is 0 Å². The number of benzene rings is 1. The topological polar surface area (TPSA) is 74.0 Å². The first-order valence-corrected chi connectivity index (χ1v) is 8.14. The Bertz CT molecular complexity index is 810. The molecule has 5 nitrogen and oxygen atoms in total. The van der Waals surface area contributed by atoms with Gasteiger partial charge in [0.1, 0.15) is 0 Å². The van der Waals surface area contributed by atoms with Crippen LogP contribution in [0.2, 0.25) is 0 Å². The van der Waals surface area contributed by atoms with Crippen LogP contribution >= 0.6 is 0 Å². The lowest BCUT2D eigenvalue weighted by Gasteiger charge is -2.12. The highest BCUT2D eigenvalue weighted by molar-refractivity contribution is 7.85. The van der Waals surface area contributed by atoms with Crippen LogP contribution in [-0.4, -0.2) is 23.7 Å². The van der Waals surface area contributed by atoms with Gasteiger partial charge in [0.2, 0.25) is 0 Å². The molecule has 0 spiro atoms. The largest absolute Gasteiger partial charge is 0.416 e. The Labute approximate surface area is 125 Å². The summed E-state index contributed by atoms with van der Waals surface area (Å²) in [5.41, 5.74) is 0.159. The molecule has 22 heavy (non-hydrogen) atoms. The lowest BCUT2D eigenvalue weighted by molar-refractivity contribution is -0.651. The number of fused-ring (bicyclic) bond motifs is 1. The fraction of sp³-hybridized carbons (Fsp3) is 0.462. The highest BCUT2D eigenvalue weighted by atomic mass is 32.2. The molecule has 1 heterocycles. The predicted molar refractivity (Wildman–Crippen MR) is 74.0 cm³/mol. The minimum absolute atomic E-state index is 0.0114. The Morgan fingerprint density at radius 2 is 1.95 bits per heavy atom. The van der Waals surface area contributed by atoms with E-state index in [-0.39, 0.29) is 18.4 Å². The standard InChI is InChI=1S/C13H15F3N2O3S/c1-8-17-12-9(4-3-7-22(19,20)21)10(13(14,15)16)5-6-11(12)18(8)2/h5-6H,3-4,7H2,1-2H3,(H,19,20,21)/p+1. The molecular weight excluding hydrogens is 321 g/mol. The smallest absolute Gasteiger partial charge is 0.286 e. The number of hydrogen-bond donors (Lipinski definition) is 2. The number of aromatic amines is 1. The minimum atomic E-state index is -4.53. The third kappa shape index (κ3) is 3.41. The van der Waals surface area contributed by atoms with Gasteiger partial charge in [-0.15, -0.1) is 0 Å². The molecule has 0 radical (unpaired) electrons. The summed E-state index contributed by atoms with van der Waals surface area (Å²) < 4.78 is 71.4. The molecule has 0 aliphatic rings. The molecule has 122 valence electrons. The van der Waals surface area contributed by atoms with E-state index in [4.69, 9.17) is 4.55 Å². The number of imidazole rings is 1. The summed E-state index contributed by atoms with van der Waals surface area (Å²) in [5.74, 6) is 0.109. The van der Waals surface area contributed by atoms with Crippen molar-refractivity contribution in [2.45, 2.75) is 25.9 Å². The number of alkyl halides is 3. The number of aromatic nitrogens is 2. The zero-order valence-electron chi connectivity index (χ0n) is 12.0. The molecule has 0 atom stereocenters. The van der Waals surface area contributed by atoms with Gasteiger partial charge in [-0.25, -0.2) is 9.55 Å². The number of nitrogens with one attached hydrogen (secondary N) is 1. The van der Waals surface area contributed by atoms with Crippen molar-refractivity contribution < 1.29 is 30.7 Å². The van der Waals surface area contributed by atoms with Crippen LogP contribution in [0.15, 0.2) is 12.1 Å². The van der Waals surface area contributed by atoms with Crippen molar-refractivity contribution in [1.82, 2.24) is 4.98 Å². The zero-order chi connectivity index (χ0) is 16.7. The van der Waals surface area contributed by atoms with Crippen molar-refractivity contribution in [1.29, 1.82) is 0 Å². The molecule has 2 rings (SSSR count). The summed E-state index contributed by atoms with van der Waals surface area (Å²) >= 11 is 0. The van der Waals surface area contributed by atoms with Crippen LogP contribution in [0.4, 0.5) is 13.2 Å². The van der Waals surface area contributed by atoms with E-state index >= 15 is 0 Å². The molecule has 0 unspecified atom stereocenters. The van der Waals surface area contributed by atoms with E-state index in [9.17, 15) is 21.6 Å². The average molecular weight is 337 g/mol. The summed E-state index contributed by atoms with van der Waals surface area (Å²) in [7, 11) is -2.47. The SMILES string of the molecule is Cc1[nH]c2c(CCCS(=O)(=O)O)c(C(F)(F)F)ccc2[n+]1C. The quantitative estimate of drug-likeness (QED) is 0.663. The van der Waals surface area contributed by atoms with Gasteiger partial charge in [-0.3, -0.25) is 4.55 Å². The van der Waals surface area contributed by atoms with Gasteiger partial charge in [0.05, 0.1) is 18.4 Å². The van der Waals surface area contributed by atoms with Crippen LogP contribution in [0.1, 0.15) is 23.4 Å². The number of nitrogens with zero attached hydrogens (tertiary/aromatic N) is 1. The highest BCUT2D eigenvalue weighted by Gasteiger charge is 2.35. The molecule has 0 amide bonds. The summed E-state index contributed by atoms with van der Waals surface area (Å²) in [6.07, 6.45) is -4.73. The molecular formula is C13H16F3N2O3S+. The maximum Gasteiger partial charge on any atom is 0.416 e. The van der Waals surface area contributed by atoms with E-state index in [0.29, 0.717) is 16.9 Å². The van der Waals surface area contributed by atoms with Gasteiger partial charge in [-0.2, -0.15) is 21.6 Å². The van der Waals surface area contributed by atoms with Crippen LogP contribution in [0.25, 0.3) is 11.0 Å². The fourth-order valence-electron chi connectivity index (χ4n) is 2.46. The molecule has 0 aliphatic heterocycles. The van der Waals surface area contributed by atoms with Crippen LogP contribution in [0.5, 0.6) is 0 Å². The number of rotatable bonds is 4. The summed E-state index contributed by atoms with van der Waals surface area (Å²) in [5, 5.41) is 0. The summed E-state index contributed by atoms with van der Waals surface area (Å²) in [4.78, 5) is 2.91. The molecule has 1 aromatic carbocycles. The van der Waals surface area contributed by atoms with E-state index in [1.165, 1.54) is 6.07 Å². The lowest BCUT2D eigenvalue weighted by Crippen LogP contribution is -2.29. The second-order valence-electron chi connectivity index (χ2n) is 5.14. The van der Waals surface area contributed by atoms with E-state index in [1.54, 1.807) is 18.5 Å². The molecule has 0 fully saturated rings. The first-order valence-electron chi connectivity index (χ1n) is 6.53. The Morgan fingerprint density at radius 1 is 1.32 bits per heavy atom. The van der Waals surface area contributed by atoms with Gasteiger partial charge in [0.25, 0.3) is 15.9 Å².